The van der Waals surface area contributed by atoms with E-state index in [0.717, 1.165) is 28.0 Å². The van der Waals surface area contributed by atoms with Gasteiger partial charge in [-0.1, -0.05) is 36.4 Å². The maximum atomic E-state index is 13.2. The molecule has 0 spiro atoms. The molecule has 0 aliphatic carbocycles. The number of benzene rings is 2. The lowest BCUT2D eigenvalue weighted by molar-refractivity contribution is 0.124. The summed E-state index contributed by atoms with van der Waals surface area (Å²) in [6, 6.07) is 14.9. The molecule has 0 amide bonds. The minimum absolute atomic E-state index is 0.105. The van der Waals surface area contributed by atoms with Crippen molar-refractivity contribution in [3.63, 3.8) is 0 Å². The normalized spacial score (nSPS) is 11.7. The van der Waals surface area contributed by atoms with Crippen LogP contribution >= 0.6 is 0 Å². The minimum Gasteiger partial charge on any atom is -0.423 e. The van der Waals surface area contributed by atoms with E-state index in [1.807, 2.05) is 18.2 Å². The van der Waals surface area contributed by atoms with Gasteiger partial charge >= 0.3 is 0 Å². The molecule has 0 N–H and O–H groups in total. The largest absolute Gasteiger partial charge is 0.423 e. The lowest BCUT2D eigenvalue weighted by Crippen LogP contribution is -2.26. The van der Waals surface area contributed by atoms with Gasteiger partial charge in [-0.3, -0.25) is 0 Å². The number of halogens is 1. The molecule has 0 heterocycles. The first-order valence-corrected chi connectivity index (χ1v) is 7.22. The van der Waals surface area contributed by atoms with E-state index in [0.29, 0.717) is 0 Å². The van der Waals surface area contributed by atoms with Crippen LogP contribution in [0.15, 0.2) is 48.5 Å². The molecule has 2 rings (SSSR count). The zero-order valence-electron chi connectivity index (χ0n) is 11.6. The van der Waals surface area contributed by atoms with E-state index in [1.165, 1.54) is 11.6 Å². The third-order valence-corrected chi connectivity index (χ3v) is 4.40. The summed E-state index contributed by atoms with van der Waals surface area (Å²) in [5, 5.41) is 0. The molecule has 0 saturated heterocycles. The Bertz CT molecular complexity index is 549. The molecule has 0 aromatic heterocycles. The van der Waals surface area contributed by atoms with Crippen LogP contribution in [-0.2, 0) is 10.8 Å². The maximum Gasteiger partial charge on any atom is 0.146 e. The van der Waals surface area contributed by atoms with E-state index in [-0.39, 0.29) is 11.4 Å². The Labute approximate surface area is 117 Å². The van der Waals surface area contributed by atoms with Crippen molar-refractivity contribution in [2.45, 2.75) is 25.9 Å². The Morgan fingerprint density at radius 1 is 1.05 bits per heavy atom. The summed E-state index contributed by atoms with van der Waals surface area (Å²) < 4.78 is 18.7. The van der Waals surface area contributed by atoms with Crippen LogP contribution in [0.1, 0.15) is 19.4 Å². The van der Waals surface area contributed by atoms with Gasteiger partial charge in [0.15, 0.2) is 0 Å². The predicted octanol–water partition coefficient (Wildman–Crippen LogP) is 3.11. The molecular weight excluding hydrogens is 255 g/mol. The van der Waals surface area contributed by atoms with Crippen LogP contribution in [0, 0.1) is 5.82 Å². The standard InChI is InChI=1S/C16H19FOSi/c1-16(2,18-19)11-12-6-8-13(9-7-12)14-4-3-5-15(17)10-14/h3-10H,11H2,1-2,19H3. The summed E-state index contributed by atoms with van der Waals surface area (Å²) in [4.78, 5) is 0. The summed E-state index contributed by atoms with van der Waals surface area (Å²) >= 11 is 0. The van der Waals surface area contributed by atoms with Crippen molar-refractivity contribution in [3.8, 4) is 11.1 Å². The zero-order valence-corrected chi connectivity index (χ0v) is 13.6. The molecule has 0 atom stereocenters. The van der Waals surface area contributed by atoms with Crippen LogP contribution in [0.25, 0.3) is 11.1 Å². The van der Waals surface area contributed by atoms with Gasteiger partial charge in [0.25, 0.3) is 0 Å². The third kappa shape index (κ3) is 3.75. The highest BCUT2D eigenvalue weighted by atomic mass is 28.2. The highest BCUT2D eigenvalue weighted by Gasteiger charge is 2.16. The second-order valence-electron chi connectivity index (χ2n) is 5.35. The lowest BCUT2D eigenvalue weighted by Gasteiger charge is -2.23. The summed E-state index contributed by atoms with van der Waals surface area (Å²) in [6.45, 7) is 4.20. The maximum absolute atomic E-state index is 13.2. The average molecular weight is 274 g/mol. The Kier molecular flexibility index (Phi) is 4.17. The molecule has 0 bridgehead atoms. The van der Waals surface area contributed by atoms with E-state index >= 15 is 0 Å². The third-order valence-electron chi connectivity index (χ3n) is 3.29. The first-order chi connectivity index (χ1) is 9.00. The van der Waals surface area contributed by atoms with Crippen LogP contribution in [0.2, 0.25) is 0 Å². The van der Waals surface area contributed by atoms with E-state index < -0.39 is 0 Å². The Morgan fingerprint density at radius 2 is 1.74 bits per heavy atom. The van der Waals surface area contributed by atoms with Gasteiger partial charge in [0.05, 0.1) is 5.60 Å². The molecular formula is C16H19FOSi. The highest BCUT2D eigenvalue weighted by Crippen LogP contribution is 2.22. The summed E-state index contributed by atoms with van der Waals surface area (Å²) in [5.41, 5.74) is 3.07. The Morgan fingerprint density at radius 3 is 2.32 bits per heavy atom. The Balaban J connectivity index is 2.19. The fraction of sp³-hybridized carbons (Fsp3) is 0.250. The molecule has 100 valence electrons. The van der Waals surface area contributed by atoms with Crippen molar-refractivity contribution in [1.82, 2.24) is 0 Å². The second kappa shape index (κ2) is 5.68. The average Bonchev–Trinajstić information content (AvgIpc) is 2.39. The summed E-state index contributed by atoms with van der Waals surface area (Å²) in [5.74, 6) is -0.202. The molecule has 0 unspecified atom stereocenters. The highest BCUT2D eigenvalue weighted by molar-refractivity contribution is 5.98. The topological polar surface area (TPSA) is 9.23 Å². The molecule has 0 aliphatic heterocycles. The first kappa shape index (κ1) is 14.0. The van der Waals surface area contributed by atoms with Crippen molar-refractivity contribution in [2.75, 3.05) is 0 Å². The molecule has 1 nitrogen and oxygen atoms in total. The van der Waals surface area contributed by atoms with Crippen molar-refractivity contribution in [2.24, 2.45) is 0 Å². The van der Waals surface area contributed by atoms with Crippen LogP contribution in [0.4, 0.5) is 4.39 Å². The molecule has 2 aromatic rings. The van der Waals surface area contributed by atoms with Gasteiger partial charge < -0.3 is 4.43 Å². The molecule has 19 heavy (non-hydrogen) atoms. The van der Waals surface area contributed by atoms with Crippen molar-refractivity contribution in [1.29, 1.82) is 0 Å². The fourth-order valence-corrected chi connectivity index (χ4v) is 2.19. The first-order valence-electron chi connectivity index (χ1n) is 6.40. The van der Waals surface area contributed by atoms with Gasteiger partial charge in [0.2, 0.25) is 0 Å². The van der Waals surface area contributed by atoms with Crippen LogP contribution < -0.4 is 0 Å². The van der Waals surface area contributed by atoms with Crippen molar-refractivity contribution >= 4 is 10.5 Å². The molecule has 0 aliphatic rings. The van der Waals surface area contributed by atoms with Crippen molar-refractivity contribution < 1.29 is 8.82 Å². The molecule has 0 saturated carbocycles. The Hall–Kier alpha value is -1.45. The fourth-order valence-electron chi connectivity index (χ4n) is 2.05. The van der Waals surface area contributed by atoms with Gasteiger partial charge in [0, 0.05) is 0 Å². The van der Waals surface area contributed by atoms with E-state index in [1.54, 1.807) is 12.1 Å². The van der Waals surface area contributed by atoms with Crippen molar-refractivity contribution in [3.05, 3.63) is 59.9 Å². The quantitative estimate of drug-likeness (QED) is 0.778. The monoisotopic (exact) mass is 274 g/mol. The SMILES string of the molecule is CC(C)(Cc1ccc(-c2cccc(F)c2)cc1)O[SiH3]. The smallest absolute Gasteiger partial charge is 0.146 e. The van der Waals surface area contributed by atoms with Gasteiger partial charge in [0.1, 0.15) is 16.3 Å². The molecule has 0 fully saturated rings. The van der Waals surface area contributed by atoms with E-state index in [2.05, 4.69) is 26.0 Å². The van der Waals surface area contributed by atoms with E-state index in [4.69, 9.17) is 4.43 Å². The van der Waals surface area contributed by atoms with Crippen LogP contribution in [0.5, 0.6) is 0 Å². The van der Waals surface area contributed by atoms with Crippen LogP contribution in [0.3, 0.4) is 0 Å². The zero-order chi connectivity index (χ0) is 13.9. The van der Waals surface area contributed by atoms with Gasteiger partial charge in [-0.05, 0) is 49.1 Å². The lowest BCUT2D eigenvalue weighted by atomic mass is 9.96. The summed E-state index contributed by atoms with van der Waals surface area (Å²) in [7, 11) is 0.744. The number of hydrogen-bond donors (Lipinski definition) is 0. The molecule has 3 heteroatoms. The van der Waals surface area contributed by atoms with Gasteiger partial charge in [-0.15, -0.1) is 0 Å². The van der Waals surface area contributed by atoms with Crippen LogP contribution in [-0.4, -0.2) is 16.1 Å². The minimum atomic E-state index is -0.202. The summed E-state index contributed by atoms with van der Waals surface area (Å²) in [6.07, 6.45) is 0.889. The molecule has 0 radical (unpaired) electrons. The van der Waals surface area contributed by atoms with Gasteiger partial charge in [-0.25, -0.2) is 4.39 Å². The molecule has 2 aromatic carbocycles. The predicted molar refractivity (Wildman–Crippen MR) is 80.6 cm³/mol. The van der Waals surface area contributed by atoms with E-state index in [9.17, 15) is 4.39 Å². The number of hydrogen-bond acceptors (Lipinski definition) is 1. The second-order valence-corrected chi connectivity index (χ2v) is 5.76. The van der Waals surface area contributed by atoms with Gasteiger partial charge in [-0.2, -0.15) is 0 Å². The number of rotatable bonds is 4.